The van der Waals surface area contributed by atoms with E-state index in [4.69, 9.17) is 0 Å². The van der Waals surface area contributed by atoms with Gasteiger partial charge in [-0.15, -0.1) is 0 Å². The Hall–Kier alpha value is -2.38. The van der Waals surface area contributed by atoms with Crippen molar-refractivity contribution in [3.63, 3.8) is 0 Å². The number of carbonyl (C=O) groups is 2. The zero-order valence-corrected chi connectivity index (χ0v) is 16.0. The van der Waals surface area contributed by atoms with Gasteiger partial charge in [-0.25, -0.2) is 9.97 Å². The Morgan fingerprint density at radius 3 is 2.81 bits per heavy atom. The van der Waals surface area contributed by atoms with Crippen molar-refractivity contribution in [1.29, 1.82) is 0 Å². The molecule has 3 aliphatic heterocycles. The van der Waals surface area contributed by atoms with Crippen LogP contribution in [0.1, 0.15) is 32.6 Å². The fourth-order valence-electron chi connectivity index (χ4n) is 5.20. The molecule has 0 unspecified atom stereocenters. The molecule has 0 saturated carbocycles. The van der Waals surface area contributed by atoms with E-state index in [1.54, 1.807) is 12.4 Å². The molecular weight excluding hydrogens is 344 g/mol. The highest BCUT2D eigenvalue weighted by Crippen LogP contribution is 2.42. The molecule has 8 nitrogen and oxygen atoms in total. The van der Waals surface area contributed by atoms with Gasteiger partial charge in [0.1, 0.15) is 0 Å². The standard InChI is InChI=1S/C19H28N6O2/c1-12(26)23-9-16-14-8-13(15-4-3-5-17(27)25(15)16)10-24(11-14)19-18(20-2)21-6-7-22-19/h6-7,13-16H,3-5,8-11H2,1-2H3,(H,20,21)(H,23,26)/t13-,14+,15+,16+/m1/s1. The first-order valence-corrected chi connectivity index (χ1v) is 9.87. The number of rotatable bonds is 4. The summed E-state index contributed by atoms with van der Waals surface area (Å²) in [6.45, 7) is 3.78. The molecule has 2 bridgehead atoms. The summed E-state index contributed by atoms with van der Waals surface area (Å²) in [7, 11) is 1.86. The third kappa shape index (κ3) is 3.33. The molecule has 4 heterocycles. The lowest BCUT2D eigenvalue weighted by Crippen LogP contribution is -2.67. The third-order valence-corrected chi connectivity index (χ3v) is 6.27. The molecular formula is C19H28N6O2. The molecule has 0 spiro atoms. The van der Waals surface area contributed by atoms with Crippen LogP contribution in [0, 0.1) is 11.8 Å². The number of fused-ring (bicyclic) bond motifs is 4. The van der Waals surface area contributed by atoms with Crippen molar-refractivity contribution in [2.45, 2.75) is 44.7 Å². The van der Waals surface area contributed by atoms with Gasteiger partial charge in [-0.05, 0) is 31.1 Å². The first kappa shape index (κ1) is 18.0. The molecule has 0 aromatic carbocycles. The molecule has 4 atom stereocenters. The molecule has 3 fully saturated rings. The smallest absolute Gasteiger partial charge is 0.223 e. The van der Waals surface area contributed by atoms with Crippen molar-refractivity contribution >= 4 is 23.5 Å². The van der Waals surface area contributed by atoms with E-state index in [9.17, 15) is 9.59 Å². The zero-order valence-electron chi connectivity index (χ0n) is 16.0. The van der Waals surface area contributed by atoms with E-state index >= 15 is 0 Å². The topological polar surface area (TPSA) is 90.5 Å². The quantitative estimate of drug-likeness (QED) is 0.815. The summed E-state index contributed by atoms with van der Waals surface area (Å²) in [5, 5.41) is 6.09. The predicted octanol–water partition coefficient (Wildman–Crippen LogP) is 0.860. The zero-order chi connectivity index (χ0) is 19.0. The van der Waals surface area contributed by atoms with Crippen molar-refractivity contribution < 1.29 is 9.59 Å². The molecule has 3 saturated heterocycles. The van der Waals surface area contributed by atoms with Crippen LogP contribution in [0.5, 0.6) is 0 Å². The normalized spacial score (nSPS) is 29.9. The molecule has 1 aromatic heterocycles. The minimum absolute atomic E-state index is 0.0443. The van der Waals surface area contributed by atoms with E-state index in [2.05, 4.69) is 30.4 Å². The van der Waals surface area contributed by atoms with Crippen molar-refractivity contribution in [1.82, 2.24) is 20.2 Å². The fraction of sp³-hybridized carbons (Fsp3) is 0.684. The van der Waals surface area contributed by atoms with Gasteiger partial charge in [-0.2, -0.15) is 0 Å². The Kier molecular flexibility index (Phi) is 4.88. The summed E-state index contributed by atoms with van der Waals surface area (Å²) in [4.78, 5) is 37.7. The molecule has 4 rings (SSSR count). The summed E-state index contributed by atoms with van der Waals surface area (Å²) in [5.74, 6) is 2.63. The fourth-order valence-corrected chi connectivity index (χ4v) is 5.20. The number of carbonyl (C=O) groups excluding carboxylic acids is 2. The lowest BCUT2D eigenvalue weighted by atomic mass is 9.72. The van der Waals surface area contributed by atoms with Crippen LogP contribution >= 0.6 is 0 Å². The van der Waals surface area contributed by atoms with Crippen molar-refractivity contribution in [2.75, 3.05) is 36.9 Å². The Bertz CT molecular complexity index is 726. The number of nitrogens with one attached hydrogen (secondary N) is 2. The van der Waals surface area contributed by atoms with Crippen LogP contribution < -0.4 is 15.5 Å². The lowest BCUT2D eigenvalue weighted by Gasteiger charge is -2.56. The van der Waals surface area contributed by atoms with Crippen molar-refractivity contribution in [3.05, 3.63) is 12.4 Å². The molecule has 2 amide bonds. The molecule has 1 aromatic rings. The second-order valence-electron chi connectivity index (χ2n) is 7.90. The summed E-state index contributed by atoms with van der Waals surface area (Å²) in [5.41, 5.74) is 0. The van der Waals surface area contributed by atoms with Crippen LogP contribution in [0.2, 0.25) is 0 Å². The van der Waals surface area contributed by atoms with E-state index in [0.717, 1.165) is 44.0 Å². The highest BCUT2D eigenvalue weighted by Gasteiger charge is 2.49. The van der Waals surface area contributed by atoms with E-state index in [1.807, 2.05) is 7.05 Å². The first-order chi connectivity index (χ1) is 13.1. The number of anilines is 2. The maximum atomic E-state index is 12.7. The average molecular weight is 372 g/mol. The Morgan fingerprint density at radius 2 is 2.04 bits per heavy atom. The maximum absolute atomic E-state index is 12.7. The summed E-state index contributed by atoms with van der Waals surface area (Å²) in [6.07, 6.45) is 7.16. The van der Waals surface area contributed by atoms with Gasteiger partial charge >= 0.3 is 0 Å². The SMILES string of the molecule is CNc1nccnc1N1C[C@H]2C[C@@H](C1)[C@H](CNC(C)=O)N1C(=O)CCC[C@@H]21. The second-order valence-corrected chi connectivity index (χ2v) is 7.90. The average Bonchev–Trinajstić information content (AvgIpc) is 2.68. The molecule has 0 aliphatic carbocycles. The van der Waals surface area contributed by atoms with Gasteiger partial charge in [0, 0.05) is 58.5 Å². The summed E-state index contributed by atoms with van der Waals surface area (Å²) < 4.78 is 0. The van der Waals surface area contributed by atoms with Gasteiger partial charge in [0.05, 0.1) is 6.04 Å². The molecule has 3 aliphatic rings. The van der Waals surface area contributed by atoms with Crippen LogP contribution in [0.25, 0.3) is 0 Å². The van der Waals surface area contributed by atoms with Crippen LogP contribution in [0.15, 0.2) is 12.4 Å². The molecule has 0 radical (unpaired) electrons. The highest BCUT2D eigenvalue weighted by atomic mass is 16.2. The number of piperidine rings is 3. The molecule has 146 valence electrons. The van der Waals surface area contributed by atoms with Gasteiger partial charge in [0.25, 0.3) is 0 Å². The van der Waals surface area contributed by atoms with Crippen LogP contribution in [-0.4, -0.2) is 65.4 Å². The number of aromatic nitrogens is 2. The molecule has 8 heteroatoms. The van der Waals surface area contributed by atoms with Crippen molar-refractivity contribution in [2.24, 2.45) is 11.8 Å². The third-order valence-electron chi connectivity index (χ3n) is 6.27. The monoisotopic (exact) mass is 372 g/mol. The minimum Gasteiger partial charge on any atom is -0.370 e. The molecule has 2 N–H and O–H groups in total. The first-order valence-electron chi connectivity index (χ1n) is 9.87. The number of amides is 2. The van der Waals surface area contributed by atoms with Crippen LogP contribution in [-0.2, 0) is 9.59 Å². The number of hydrogen-bond acceptors (Lipinski definition) is 6. The lowest BCUT2D eigenvalue weighted by molar-refractivity contribution is -0.149. The van der Waals surface area contributed by atoms with E-state index in [0.29, 0.717) is 24.8 Å². The van der Waals surface area contributed by atoms with Crippen LogP contribution in [0.4, 0.5) is 11.6 Å². The van der Waals surface area contributed by atoms with Gasteiger partial charge in [-0.1, -0.05) is 0 Å². The van der Waals surface area contributed by atoms with Gasteiger partial charge in [-0.3, -0.25) is 9.59 Å². The number of hydrogen-bond donors (Lipinski definition) is 2. The van der Waals surface area contributed by atoms with Gasteiger partial charge in [0.15, 0.2) is 11.6 Å². The minimum atomic E-state index is -0.0443. The predicted molar refractivity (Wildman–Crippen MR) is 102 cm³/mol. The summed E-state index contributed by atoms with van der Waals surface area (Å²) in [6, 6.07) is 0.319. The largest absolute Gasteiger partial charge is 0.370 e. The second kappa shape index (κ2) is 7.32. The Balaban J connectivity index is 1.63. The Morgan fingerprint density at radius 1 is 1.26 bits per heavy atom. The summed E-state index contributed by atoms with van der Waals surface area (Å²) >= 11 is 0. The number of nitrogens with zero attached hydrogens (tertiary/aromatic N) is 4. The van der Waals surface area contributed by atoms with Gasteiger partial charge < -0.3 is 20.4 Å². The highest BCUT2D eigenvalue weighted by molar-refractivity contribution is 5.78. The van der Waals surface area contributed by atoms with E-state index < -0.39 is 0 Å². The van der Waals surface area contributed by atoms with Crippen molar-refractivity contribution in [3.8, 4) is 0 Å². The maximum Gasteiger partial charge on any atom is 0.223 e. The van der Waals surface area contributed by atoms with Gasteiger partial charge in [0.2, 0.25) is 11.8 Å². The Labute approximate surface area is 159 Å². The van der Waals surface area contributed by atoms with E-state index in [1.165, 1.54) is 6.92 Å². The molecule has 27 heavy (non-hydrogen) atoms. The van der Waals surface area contributed by atoms with Crippen LogP contribution in [0.3, 0.4) is 0 Å². The van der Waals surface area contributed by atoms with E-state index in [-0.39, 0.29) is 23.9 Å².